The summed E-state index contributed by atoms with van der Waals surface area (Å²) in [5.41, 5.74) is 3.70. The van der Waals surface area contributed by atoms with Gasteiger partial charge in [-0.1, -0.05) is 29.8 Å². The van der Waals surface area contributed by atoms with Crippen molar-refractivity contribution in [2.24, 2.45) is 0 Å². The lowest BCUT2D eigenvalue weighted by Crippen LogP contribution is -2.37. The van der Waals surface area contributed by atoms with Gasteiger partial charge in [0.05, 0.1) is 11.4 Å². The van der Waals surface area contributed by atoms with Crippen molar-refractivity contribution in [3.63, 3.8) is 0 Å². The first-order valence-corrected chi connectivity index (χ1v) is 10.7. The molecule has 156 valence electrons. The number of aryl methyl sites for hydroxylation is 2. The fourth-order valence-corrected chi connectivity index (χ4v) is 3.70. The number of nitrogens with zero attached hydrogens (tertiary/aromatic N) is 1. The topological polar surface area (TPSA) is 95.6 Å². The molecule has 0 saturated carbocycles. The number of hydrogen-bond acceptors (Lipinski definition) is 4. The first-order chi connectivity index (χ1) is 13.6. The van der Waals surface area contributed by atoms with Crippen molar-refractivity contribution in [3.8, 4) is 0 Å². The van der Waals surface area contributed by atoms with Crippen LogP contribution in [0, 0.1) is 20.8 Å². The molecule has 2 amide bonds. The van der Waals surface area contributed by atoms with E-state index >= 15 is 0 Å². The zero-order valence-electron chi connectivity index (χ0n) is 17.2. The highest BCUT2D eigenvalue weighted by Gasteiger charge is 2.17. The lowest BCUT2D eigenvalue weighted by atomic mass is 10.1. The molecule has 0 bridgehead atoms. The summed E-state index contributed by atoms with van der Waals surface area (Å²) in [6, 6.07) is 12.1. The van der Waals surface area contributed by atoms with E-state index in [0.717, 1.165) is 16.7 Å². The first-order valence-electron chi connectivity index (χ1n) is 9.26. The van der Waals surface area contributed by atoms with E-state index in [1.165, 1.54) is 24.1 Å². The van der Waals surface area contributed by atoms with Gasteiger partial charge < -0.3 is 10.2 Å². The van der Waals surface area contributed by atoms with Crippen molar-refractivity contribution in [1.29, 1.82) is 0 Å². The third-order valence-electron chi connectivity index (χ3n) is 4.65. The third kappa shape index (κ3) is 6.40. The summed E-state index contributed by atoms with van der Waals surface area (Å²) in [6.07, 6.45) is -0.0433. The quantitative estimate of drug-likeness (QED) is 0.689. The van der Waals surface area contributed by atoms with E-state index in [4.69, 9.17) is 0 Å². The molecule has 8 heteroatoms. The van der Waals surface area contributed by atoms with Crippen molar-refractivity contribution >= 4 is 27.5 Å². The van der Waals surface area contributed by atoms with Crippen LogP contribution in [0.5, 0.6) is 0 Å². The molecule has 0 aliphatic rings. The van der Waals surface area contributed by atoms with Crippen molar-refractivity contribution in [2.45, 2.75) is 32.1 Å². The molecule has 7 nitrogen and oxygen atoms in total. The van der Waals surface area contributed by atoms with E-state index in [0.29, 0.717) is 5.69 Å². The van der Waals surface area contributed by atoms with Gasteiger partial charge in [-0.05, 0) is 50.1 Å². The summed E-state index contributed by atoms with van der Waals surface area (Å²) in [7, 11) is -2.16. The van der Waals surface area contributed by atoms with Crippen LogP contribution in [0.15, 0.2) is 47.4 Å². The number of nitrogens with one attached hydrogen (secondary N) is 2. The maximum absolute atomic E-state index is 12.2. The van der Waals surface area contributed by atoms with Crippen LogP contribution in [0.4, 0.5) is 5.69 Å². The van der Waals surface area contributed by atoms with Gasteiger partial charge in [0.1, 0.15) is 0 Å². The number of amides is 2. The van der Waals surface area contributed by atoms with Gasteiger partial charge in [-0.25, -0.2) is 13.1 Å². The SMILES string of the molecule is Cc1ccc(S(=O)(=O)NCCC(=O)N(C)CC(=O)Nc2cccc(C)c2C)cc1. The van der Waals surface area contributed by atoms with Gasteiger partial charge in [-0.3, -0.25) is 9.59 Å². The number of carbonyl (C=O) groups is 2. The fourth-order valence-electron chi connectivity index (χ4n) is 2.66. The first kappa shape index (κ1) is 22.6. The lowest BCUT2D eigenvalue weighted by Gasteiger charge is -2.18. The van der Waals surface area contributed by atoms with Gasteiger partial charge in [-0.15, -0.1) is 0 Å². The Morgan fingerprint density at radius 1 is 1.00 bits per heavy atom. The van der Waals surface area contributed by atoms with Gasteiger partial charge in [0, 0.05) is 25.7 Å². The molecule has 0 fully saturated rings. The van der Waals surface area contributed by atoms with E-state index in [1.807, 2.05) is 39.0 Å². The average Bonchev–Trinajstić information content (AvgIpc) is 2.65. The number of likely N-dealkylation sites (N-methyl/N-ethyl adjacent to an activating group) is 1. The molecular weight excluding hydrogens is 390 g/mol. The monoisotopic (exact) mass is 417 g/mol. The lowest BCUT2D eigenvalue weighted by molar-refractivity contribution is -0.133. The molecule has 0 aromatic heterocycles. The molecule has 2 aromatic rings. The maximum Gasteiger partial charge on any atom is 0.243 e. The highest BCUT2D eigenvalue weighted by molar-refractivity contribution is 7.89. The summed E-state index contributed by atoms with van der Waals surface area (Å²) >= 11 is 0. The molecule has 2 rings (SSSR count). The second-order valence-electron chi connectivity index (χ2n) is 7.01. The number of benzene rings is 2. The average molecular weight is 418 g/mol. The normalized spacial score (nSPS) is 11.2. The summed E-state index contributed by atoms with van der Waals surface area (Å²) in [4.78, 5) is 25.9. The predicted octanol–water partition coefficient (Wildman–Crippen LogP) is 2.38. The highest BCUT2D eigenvalue weighted by atomic mass is 32.2. The van der Waals surface area contributed by atoms with Crippen LogP contribution < -0.4 is 10.0 Å². The smallest absolute Gasteiger partial charge is 0.243 e. The Labute approximate surface area is 172 Å². The zero-order valence-corrected chi connectivity index (χ0v) is 18.0. The largest absolute Gasteiger partial charge is 0.336 e. The molecule has 0 saturated heterocycles. The predicted molar refractivity (Wildman–Crippen MR) is 113 cm³/mol. The minimum absolute atomic E-state index is 0.0433. The molecule has 0 spiro atoms. The molecule has 2 N–H and O–H groups in total. The van der Waals surface area contributed by atoms with Crippen LogP contribution >= 0.6 is 0 Å². The van der Waals surface area contributed by atoms with Gasteiger partial charge in [0.25, 0.3) is 0 Å². The highest BCUT2D eigenvalue weighted by Crippen LogP contribution is 2.17. The summed E-state index contributed by atoms with van der Waals surface area (Å²) < 4.78 is 26.9. The van der Waals surface area contributed by atoms with Crippen molar-refractivity contribution in [2.75, 3.05) is 25.5 Å². The summed E-state index contributed by atoms with van der Waals surface area (Å²) in [5, 5.41) is 2.80. The number of anilines is 1. The number of sulfonamides is 1. The van der Waals surface area contributed by atoms with E-state index in [1.54, 1.807) is 12.1 Å². The van der Waals surface area contributed by atoms with Crippen LogP contribution in [-0.2, 0) is 19.6 Å². The number of hydrogen-bond donors (Lipinski definition) is 2. The van der Waals surface area contributed by atoms with Crippen LogP contribution in [0.3, 0.4) is 0 Å². The molecule has 0 atom stereocenters. The van der Waals surface area contributed by atoms with E-state index in [2.05, 4.69) is 10.0 Å². The molecule has 0 aliphatic heterocycles. The third-order valence-corrected chi connectivity index (χ3v) is 6.12. The van der Waals surface area contributed by atoms with E-state index in [9.17, 15) is 18.0 Å². The number of rotatable bonds is 8. The Bertz CT molecular complexity index is 985. The van der Waals surface area contributed by atoms with Gasteiger partial charge >= 0.3 is 0 Å². The summed E-state index contributed by atoms with van der Waals surface area (Å²) in [6.45, 7) is 5.59. The fraction of sp³-hybridized carbons (Fsp3) is 0.333. The molecular formula is C21H27N3O4S. The molecule has 0 unspecified atom stereocenters. The van der Waals surface area contributed by atoms with Gasteiger partial charge in [0.15, 0.2) is 0 Å². The van der Waals surface area contributed by atoms with Crippen LogP contribution in [0.1, 0.15) is 23.1 Å². The van der Waals surface area contributed by atoms with Crippen molar-refractivity contribution in [3.05, 3.63) is 59.2 Å². The minimum atomic E-state index is -3.67. The van der Waals surface area contributed by atoms with E-state index in [-0.39, 0.29) is 36.2 Å². The zero-order chi connectivity index (χ0) is 21.6. The molecule has 29 heavy (non-hydrogen) atoms. The van der Waals surface area contributed by atoms with Crippen molar-refractivity contribution < 1.29 is 18.0 Å². The van der Waals surface area contributed by atoms with Crippen LogP contribution in [0.25, 0.3) is 0 Å². The van der Waals surface area contributed by atoms with Crippen LogP contribution in [-0.4, -0.2) is 45.3 Å². The number of carbonyl (C=O) groups excluding carboxylic acids is 2. The van der Waals surface area contributed by atoms with Gasteiger partial charge in [-0.2, -0.15) is 0 Å². The standard InChI is InChI=1S/C21H27N3O4S/c1-15-8-10-18(11-9-15)29(27,28)22-13-12-21(26)24(4)14-20(25)23-19-7-5-6-16(2)17(19)3/h5-11,22H,12-14H2,1-4H3,(H,23,25). The Hall–Kier alpha value is -2.71. The molecule has 2 aromatic carbocycles. The second-order valence-corrected chi connectivity index (χ2v) is 8.77. The minimum Gasteiger partial charge on any atom is -0.336 e. The summed E-state index contributed by atoms with van der Waals surface area (Å²) in [5.74, 6) is -0.637. The van der Waals surface area contributed by atoms with E-state index < -0.39 is 10.0 Å². The molecule has 0 heterocycles. The Morgan fingerprint density at radius 3 is 2.31 bits per heavy atom. The Balaban J connectivity index is 1.83. The van der Waals surface area contributed by atoms with Crippen molar-refractivity contribution in [1.82, 2.24) is 9.62 Å². The van der Waals surface area contributed by atoms with Crippen LogP contribution in [0.2, 0.25) is 0 Å². The molecule has 0 aliphatic carbocycles. The Kier molecular flexibility index (Phi) is 7.53. The molecule has 0 radical (unpaired) electrons. The maximum atomic E-state index is 12.2. The second kappa shape index (κ2) is 9.67. The Morgan fingerprint density at radius 2 is 1.66 bits per heavy atom. The van der Waals surface area contributed by atoms with Gasteiger partial charge in [0.2, 0.25) is 21.8 Å².